The van der Waals surface area contributed by atoms with Crippen LogP contribution in [-0.2, 0) is 15.0 Å². The van der Waals surface area contributed by atoms with E-state index in [-0.39, 0.29) is 11.9 Å². The molecule has 0 amide bonds. The van der Waals surface area contributed by atoms with E-state index in [1.165, 1.54) is 0 Å². The first kappa shape index (κ1) is 17.6. The number of nitrogens with zero attached hydrogens (tertiary/aromatic N) is 1. The van der Waals surface area contributed by atoms with Gasteiger partial charge in [-0.15, -0.1) is 0 Å². The predicted molar refractivity (Wildman–Crippen MR) is 104 cm³/mol. The number of rotatable bonds is 4. The van der Waals surface area contributed by atoms with Gasteiger partial charge in [0.05, 0.1) is 7.11 Å². The highest BCUT2D eigenvalue weighted by atomic mass is 19.1. The molecule has 0 radical (unpaired) electrons. The minimum atomic E-state index is -1.02. The summed E-state index contributed by atoms with van der Waals surface area (Å²) < 4.78 is 25.5. The van der Waals surface area contributed by atoms with Crippen molar-refractivity contribution in [2.75, 3.05) is 13.7 Å². The van der Waals surface area contributed by atoms with Gasteiger partial charge in [-0.05, 0) is 35.3 Å². The van der Waals surface area contributed by atoms with E-state index in [0.717, 1.165) is 11.1 Å². The van der Waals surface area contributed by atoms with Gasteiger partial charge in [-0.1, -0.05) is 48.6 Å². The Labute approximate surface area is 158 Å². The van der Waals surface area contributed by atoms with Gasteiger partial charge in [0.25, 0.3) is 6.02 Å². The number of nitrogens with two attached hydrogens (primary N) is 1. The number of aliphatic imine (C=N–C) groups is 1. The Morgan fingerprint density at radius 1 is 1.30 bits per heavy atom. The van der Waals surface area contributed by atoms with Crippen LogP contribution in [0.25, 0.3) is 0 Å². The Bertz CT molecular complexity index is 870. The van der Waals surface area contributed by atoms with Crippen molar-refractivity contribution in [2.45, 2.75) is 24.6 Å². The first-order valence-electron chi connectivity index (χ1n) is 9.13. The van der Waals surface area contributed by atoms with Gasteiger partial charge in [-0.2, -0.15) is 0 Å². The van der Waals surface area contributed by atoms with Crippen LogP contribution in [0.4, 0.5) is 4.39 Å². The maximum Gasteiger partial charge on any atom is 0.283 e. The summed E-state index contributed by atoms with van der Waals surface area (Å²) in [5.41, 5.74) is 7.99. The molecule has 0 aromatic heterocycles. The molecule has 1 heterocycles. The van der Waals surface area contributed by atoms with Crippen molar-refractivity contribution < 1.29 is 13.9 Å². The highest BCUT2D eigenvalue weighted by molar-refractivity contribution is 5.74. The van der Waals surface area contributed by atoms with Crippen LogP contribution >= 0.6 is 0 Å². The van der Waals surface area contributed by atoms with Crippen LogP contribution in [0.1, 0.15) is 18.4 Å². The van der Waals surface area contributed by atoms with Gasteiger partial charge in [0.2, 0.25) is 0 Å². The molecule has 1 aliphatic heterocycles. The number of allylic oxidation sites excluding steroid dienone is 6. The Morgan fingerprint density at radius 2 is 2.11 bits per heavy atom. The van der Waals surface area contributed by atoms with Crippen LogP contribution < -0.4 is 5.73 Å². The van der Waals surface area contributed by atoms with Crippen molar-refractivity contribution in [2.24, 2.45) is 16.6 Å². The van der Waals surface area contributed by atoms with E-state index in [1.54, 1.807) is 19.3 Å². The highest BCUT2D eigenvalue weighted by Crippen LogP contribution is 2.44. The number of hydrogen-bond acceptors (Lipinski definition) is 4. The lowest BCUT2D eigenvalue weighted by Crippen LogP contribution is -2.35. The maximum absolute atomic E-state index is 14.6. The predicted octanol–water partition coefficient (Wildman–Crippen LogP) is 3.93. The minimum absolute atomic E-state index is 0.0194. The quantitative estimate of drug-likeness (QED) is 0.878. The van der Waals surface area contributed by atoms with Crippen molar-refractivity contribution in [3.63, 3.8) is 0 Å². The second-order valence-corrected chi connectivity index (χ2v) is 7.03. The number of alkyl halides is 1. The summed E-state index contributed by atoms with van der Waals surface area (Å²) in [5.74, 6) is 0.723. The van der Waals surface area contributed by atoms with Crippen molar-refractivity contribution in [1.82, 2.24) is 0 Å². The number of ether oxygens (including phenoxy) is 2. The summed E-state index contributed by atoms with van der Waals surface area (Å²) in [6.07, 6.45) is 9.63. The van der Waals surface area contributed by atoms with Crippen LogP contribution in [0.2, 0.25) is 0 Å². The van der Waals surface area contributed by atoms with Crippen LogP contribution in [-0.4, -0.2) is 25.9 Å². The van der Waals surface area contributed by atoms with E-state index >= 15 is 0 Å². The van der Waals surface area contributed by atoms with Crippen molar-refractivity contribution in [3.05, 3.63) is 83.2 Å². The van der Waals surface area contributed by atoms with Gasteiger partial charge in [-0.25, -0.2) is 9.38 Å². The Morgan fingerprint density at radius 3 is 2.81 bits per heavy atom. The van der Waals surface area contributed by atoms with Crippen LogP contribution in [0, 0.1) is 5.92 Å². The van der Waals surface area contributed by atoms with Crippen LogP contribution in [0.5, 0.6) is 0 Å². The second kappa shape index (κ2) is 7.06. The standard InChI is InChI=1S/C22H23FN2O2/c1-26-18-10-11-20(23)19(13-18)15-6-5-9-17(12-15)22(14-27-21(24)25-22)16-7-3-2-4-8-16/h2-10,13,17,20H,11-12,14H2,1H3,(H2,24,25). The molecular weight excluding hydrogens is 343 g/mol. The third-order valence-corrected chi connectivity index (χ3v) is 5.49. The third kappa shape index (κ3) is 3.18. The number of benzene rings is 1. The molecule has 0 fully saturated rings. The number of hydrogen-bond donors (Lipinski definition) is 1. The monoisotopic (exact) mass is 366 g/mol. The van der Waals surface area contributed by atoms with Crippen molar-refractivity contribution >= 4 is 6.02 Å². The molecule has 4 rings (SSSR count). The molecule has 4 nitrogen and oxygen atoms in total. The molecule has 0 saturated heterocycles. The lowest BCUT2D eigenvalue weighted by molar-refractivity contribution is 0.210. The zero-order valence-corrected chi connectivity index (χ0v) is 15.3. The number of halogens is 1. The fourth-order valence-corrected chi connectivity index (χ4v) is 4.03. The Balaban J connectivity index is 1.68. The van der Waals surface area contributed by atoms with Crippen LogP contribution in [0.15, 0.2) is 82.6 Å². The van der Waals surface area contributed by atoms with E-state index in [4.69, 9.17) is 15.2 Å². The SMILES string of the molecule is COC1=CCC(F)C(C2=CC=CC(C3(c4ccccc4)COC(N)=N3)C2)=C1. The van der Waals surface area contributed by atoms with E-state index in [2.05, 4.69) is 11.1 Å². The van der Waals surface area contributed by atoms with Gasteiger partial charge in [0.15, 0.2) is 0 Å². The molecule has 1 aromatic rings. The first-order valence-corrected chi connectivity index (χ1v) is 9.13. The van der Waals surface area contributed by atoms with Crippen LogP contribution in [0.3, 0.4) is 0 Å². The molecule has 140 valence electrons. The maximum atomic E-state index is 14.6. The molecule has 3 atom stereocenters. The van der Waals surface area contributed by atoms with Gasteiger partial charge in [0.1, 0.15) is 24.1 Å². The summed E-state index contributed by atoms with van der Waals surface area (Å²) in [5, 5.41) is 0. The molecule has 2 N–H and O–H groups in total. The molecule has 0 spiro atoms. The highest BCUT2D eigenvalue weighted by Gasteiger charge is 2.45. The fourth-order valence-electron chi connectivity index (χ4n) is 4.03. The van der Waals surface area contributed by atoms with Crippen molar-refractivity contribution in [3.8, 4) is 0 Å². The summed E-state index contributed by atoms with van der Waals surface area (Å²) in [6, 6.07) is 10.2. The summed E-state index contributed by atoms with van der Waals surface area (Å²) >= 11 is 0. The minimum Gasteiger partial charge on any atom is -0.497 e. The number of amidine groups is 1. The largest absolute Gasteiger partial charge is 0.497 e. The average molecular weight is 366 g/mol. The average Bonchev–Trinajstić information content (AvgIpc) is 3.12. The molecule has 2 aliphatic carbocycles. The second-order valence-electron chi connectivity index (χ2n) is 7.03. The lowest BCUT2D eigenvalue weighted by Gasteiger charge is -2.35. The van der Waals surface area contributed by atoms with E-state index in [1.807, 2.05) is 42.5 Å². The molecule has 3 unspecified atom stereocenters. The molecule has 5 heteroatoms. The zero-order chi connectivity index (χ0) is 18.9. The summed E-state index contributed by atoms with van der Waals surface area (Å²) in [7, 11) is 1.61. The number of methoxy groups -OCH3 is 1. The third-order valence-electron chi connectivity index (χ3n) is 5.49. The lowest BCUT2D eigenvalue weighted by atomic mass is 9.73. The normalized spacial score (nSPS) is 30.0. The van der Waals surface area contributed by atoms with E-state index < -0.39 is 11.7 Å². The first-order chi connectivity index (χ1) is 13.1. The molecule has 27 heavy (non-hydrogen) atoms. The fraction of sp³-hybridized carbons (Fsp3) is 0.318. The smallest absolute Gasteiger partial charge is 0.283 e. The molecular formula is C22H23FN2O2. The molecule has 0 saturated carbocycles. The van der Waals surface area contributed by atoms with Gasteiger partial charge in [-0.3, -0.25) is 0 Å². The van der Waals surface area contributed by atoms with Gasteiger partial charge < -0.3 is 15.2 Å². The molecule has 0 bridgehead atoms. The molecule has 3 aliphatic rings. The Hall–Kier alpha value is -2.82. The Kier molecular flexibility index (Phi) is 4.60. The zero-order valence-electron chi connectivity index (χ0n) is 15.3. The summed E-state index contributed by atoms with van der Waals surface area (Å²) in [6.45, 7) is 0.381. The molecule has 1 aromatic carbocycles. The van der Waals surface area contributed by atoms with Gasteiger partial charge in [0, 0.05) is 12.3 Å². The van der Waals surface area contributed by atoms with Gasteiger partial charge >= 0.3 is 0 Å². The van der Waals surface area contributed by atoms with Crippen molar-refractivity contribution in [1.29, 1.82) is 0 Å². The topological polar surface area (TPSA) is 56.8 Å². The summed E-state index contributed by atoms with van der Waals surface area (Å²) in [4.78, 5) is 4.69. The van der Waals surface area contributed by atoms with E-state index in [9.17, 15) is 4.39 Å². The van der Waals surface area contributed by atoms with E-state index in [0.29, 0.717) is 30.8 Å².